The molecule has 0 fully saturated rings. The highest BCUT2D eigenvalue weighted by Gasteiger charge is 2.11. The van der Waals surface area contributed by atoms with E-state index in [1.807, 2.05) is 18.6 Å². The number of rotatable bonds is 5. The van der Waals surface area contributed by atoms with Gasteiger partial charge in [0.2, 0.25) is 0 Å². The van der Waals surface area contributed by atoms with Gasteiger partial charge in [0.15, 0.2) is 0 Å². The van der Waals surface area contributed by atoms with Gasteiger partial charge >= 0.3 is 0 Å². The fourth-order valence-electron chi connectivity index (χ4n) is 1.96. The standard InChI is InChI=1S/C12H18N4S/c1-9-11(4-5-13-3)10(2)16(15-9)8-12-14-6-7-17-12/h6-7,13H,4-5,8H2,1-3H3. The van der Waals surface area contributed by atoms with Crippen LogP contribution in [0.3, 0.4) is 0 Å². The van der Waals surface area contributed by atoms with Crippen molar-refractivity contribution in [2.24, 2.45) is 0 Å². The Kier molecular flexibility index (Phi) is 3.91. The van der Waals surface area contributed by atoms with Crippen LogP contribution in [0.15, 0.2) is 11.6 Å². The van der Waals surface area contributed by atoms with Crippen molar-refractivity contribution in [1.29, 1.82) is 0 Å². The second-order valence-electron chi connectivity index (χ2n) is 4.09. The molecule has 2 rings (SSSR count). The van der Waals surface area contributed by atoms with Crippen molar-refractivity contribution in [3.8, 4) is 0 Å². The Labute approximate surface area is 106 Å². The van der Waals surface area contributed by atoms with Crippen LogP contribution in [0, 0.1) is 13.8 Å². The molecule has 2 aromatic rings. The van der Waals surface area contributed by atoms with Crippen molar-refractivity contribution in [1.82, 2.24) is 20.1 Å². The number of likely N-dealkylation sites (N-methyl/N-ethyl adjacent to an activating group) is 1. The molecule has 92 valence electrons. The first-order valence-corrected chi connectivity index (χ1v) is 6.66. The Morgan fingerprint density at radius 1 is 1.41 bits per heavy atom. The van der Waals surface area contributed by atoms with Gasteiger partial charge in [-0.2, -0.15) is 5.10 Å². The normalized spacial score (nSPS) is 11.0. The van der Waals surface area contributed by atoms with Crippen LogP contribution >= 0.6 is 11.3 Å². The maximum atomic E-state index is 4.59. The third-order valence-electron chi connectivity index (χ3n) is 2.92. The summed E-state index contributed by atoms with van der Waals surface area (Å²) in [6.45, 7) is 5.99. The fourth-order valence-corrected chi connectivity index (χ4v) is 2.56. The molecule has 4 nitrogen and oxygen atoms in total. The summed E-state index contributed by atoms with van der Waals surface area (Å²) in [5, 5.41) is 10.9. The molecule has 1 N–H and O–H groups in total. The van der Waals surface area contributed by atoms with Crippen molar-refractivity contribution in [2.45, 2.75) is 26.8 Å². The van der Waals surface area contributed by atoms with Gasteiger partial charge in [-0.1, -0.05) is 0 Å². The van der Waals surface area contributed by atoms with Gasteiger partial charge in [0.25, 0.3) is 0 Å². The minimum Gasteiger partial charge on any atom is -0.319 e. The number of thiazole rings is 1. The van der Waals surface area contributed by atoms with E-state index in [4.69, 9.17) is 0 Å². The molecule has 5 heteroatoms. The van der Waals surface area contributed by atoms with Crippen molar-refractivity contribution >= 4 is 11.3 Å². The van der Waals surface area contributed by atoms with Crippen molar-refractivity contribution < 1.29 is 0 Å². The largest absolute Gasteiger partial charge is 0.319 e. The zero-order valence-electron chi connectivity index (χ0n) is 10.5. The molecule has 17 heavy (non-hydrogen) atoms. The van der Waals surface area contributed by atoms with E-state index in [0.29, 0.717) is 0 Å². The van der Waals surface area contributed by atoms with Gasteiger partial charge in [0.05, 0.1) is 12.2 Å². The molecule has 0 spiro atoms. The maximum absolute atomic E-state index is 4.59. The Hall–Kier alpha value is -1.20. The van der Waals surface area contributed by atoms with Crippen LogP contribution in [0.2, 0.25) is 0 Å². The lowest BCUT2D eigenvalue weighted by Crippen LogP contribution is -2.11. The average Bonchev–Trinajstić information content (AvgIpc) is 2.89. The summed E-state index contributed by atoms with van der Waals surface area (Å²) in [6.07, 6.45) is 2.87. The summed E-state index contributed by atoms with van der Waals surface area (Å²) in [6, 6.07) is 0. The summed E-state index contributed by atoms with van der Waals surface area (Å²) in [5.41, 5.74) is 3.75. The van der Waals surface area contributed by atoms with Crippen molar-refractivity contribution in [3.05, 3.63) is 33.5 Å². The van der Waals surface area contributed by atoms with Crippen LogP contribution in [0.5, 0.6) is 0 Å². The van der Waals surface area contributed by atoms with Crippen LogP contribution in [-0.4, -0.2) is 28.4 Å². The number of nitrogens with zero attached hydrogens (tertiary/aromatic N) is 3. The Morgan fingerprint density at radius 3 is 2.88 bits per heavy atom. The van der Waals surface area contributed by atoms with Crippen molar-refractivity contribution in [3.63, 3.8) is 0 Å². The minimum atomic E-state index is 0.782. The molecule has 2 heterocycles. The first-order chi connectivity index (χ1) is 8.22. The lowest BCUT2D eigenvalue weighted by Gasteiger charge is -2.03. The minimum absolute atomic E-state index is 0.782. The van der Waals surface area contributed by atoms with Gasteiger partial charge in [-0.15, -0.1) is 11.3 Å². The van der Waals surface area contributed by atoms with Crippen LogP contribution in [0.4, 0.5) is 0 Å². The molecule has 0 aliphatic carbocycles. The molecule has 0 saturated carbocycles. The average molecular weight is 250 g/mol. The van der Waals surface area contributed by atoms with Gasteiger partial charge in [-0.25, -0.2) is 4.98 Å². The molecule has 2 aromatic heterocycles. The first-order valence-electron chi connectivity index (χ1n) is 5.78. The van der Waals surface area contributed by atoms with Gasteiger partial charge in [0.1, 0.15) is 5.01 Å². The summed E-state index contributed by atoms with van der Waals surface area (Å²) >= 11 is 1.68. The zero-order valence-corrected chi connectivity index (χ0v) is 11.3. The Morgan fingerprint density at radius 2 is 2.24 bits per heavy atom. The number of aryl methyl sites for hydroxylation is 1. The van der Waals surface area contributed by atoms with E-state index < -0.39 is 0 Å². The molecule has 0 bridgehead atoms. The molecule has 0 aliphatic rings. The van der Waals surface area contributed by atoms with Gasteiger partial charge in [-0.05, 0) is 39.4 Å². The zero-order chi connectivity index (χ0) is 12.3. The summed E-state index contributed by atoms with van der Waals surface area (Å²) in [4.78, 5) is 4.30. The lowest BCUT2D eigenvalue weighted by molar-refractivity contribution is 0.654. The van der Waals surface area contributed by atoms with Gasteiger partial charge < -0.3 is 5.32 Å². The number of nitrogens with one attached hydrogen (secondary N) is 1. The topological polar surface area (TPSA) is 42.7 Å². The van der Waals surface area contributed by atoms with E-state index in [9.17, 15) is 0 Å². The highest BCUT2D eigenvalue weighted by Crippen LogP contribution is 2.15. The predicted octanol–water partition coefficient (Wildman–Crippen LogP) is 1.77. The summed E-state index contributed by atoms with van der Waals surface area (Å²) in [5.74, 6) is 0. The second kappa shape index (κ2) is 5.42. The third kappa shape index (κ3) is 2.73. The van der Waals surface area contributed by atoms with Crippen molar-refractivity contribution in [2.75, 3.05) is 13.6 Å². The van der Waals surface area contributed by atoms with Crippen LogP contribution < -0.4 is 5.32 Å². The summed E-state index contributed by atoms with van der Waals surface area (Å²) < 4.78 is 2.05. The second-order valence-corrected chi connectivity index (χ2v) is 5.07. The molecule has 0 aliphatic heterocycles. The van der Waals surface area contributed by atoms with Gasteiger partial charge in [-0.3, -0.25) is 4.68 Å². The number of aromatic nitrogens is 3. The molecule has 0 aromatic carbocycles. The molecular formula is C12H18N4S. The smallest absolute Gasteiger partial charge is 0.114 e. The SMILES string of the molecule is CNCCc1c(C)nn(Cc2nccs2)c1C. The highest BCUT2D eigenvalue weighted by molar-refractivity contribution is 7.09. The van der Waals surface area contributed by atoms with Crippen LogP contribution in [0.25, 0.3) is 0 Å². The third-order valence-corrected chi connectivity index (χ3v) is 3.69. The number of hydrogen-bond acceptors (Lipinski definition) is 4. The molecule has 0 amide bonds. The van der Waals surface area contributed by atoms with E-state index in [-0.39, 0.29) is 0 Å². The van der Waals surface area contributed by atoms with Crippen LogP contribution in [0.1, 0.15) is 22.0 Å². The molecular weight excluding hydrogens is 232 g/mol. The maximum Gasteiger partial charge on any atom is 0.114 e. The van der Waals surface area contributed by atoms with Gasteiger partial charge in [0, 0.05) is 17.3 Å². The Balaban J connectivity index is 2.18. The molecule has 0 saturated heterocycles. The quantitative estimate of drug-likeness (QED) is 0.879. The monoisotopic (exact) mass is 250 g/mol. The fraction of sp³-hybridized carbons (Fsp3) is 0.500. The summed E-state index contributed by atoms with van der Waals surface area (Å²) in [7, 11) is 1.98. The molecule has 0 radical (unpaired) electrons. The van der Waals surface area contributed by atoms with E-state index in [1.54, 1.807) is 11.3 Å². The predicted molar refractivity (Wildman–Crippen MR) is 70.5 cm³/mol. The number of hydrogen-bond donors (Lipinski definition) is 1. The van der Waals surface area contributed by atoms with Crippen LogP contribution in [-0.2, 0) is 13.0 Å². The Bertz CT molecular complexity index is 473. The van der Waals surface area contributed by atoms with E-state index >= 15 is 0 Å². The van der Waals surface area contributed by atoms with E-state index in [2.05, 4.69) is 33.9 Å². The van der Waals surface area contributed by atoms with E-state index in [1.165, 1.54) is 11.3 Å². The molecule has 0 unspecified atom stereocenters. The lowest BCUT2D eigenvalue weighted by atomic mass is 10.1. The molecule has 0 atom stereocenters. The first kappa shape index (κ1) is 12.3. The highest BCUT2D eigenvalue weighted by atomic mass is 32.1. The van der Waals surface area contributed by atoms with E-state index in [0.717, 1.165) is 30.2 Å².